The molecule has 0 spiro atoms. The molecule has 0 saturated heterocycles. The van der Waals surface area contributed by atoms with E-state index in [2.05, 4.69) is 0 Å². The van der Waals surface area contributed by atoms with Crippen LogP contribution in [-0.2, 0) is 5.92 Å². The summed E-state index contributed by atoms with van der Waals surface area (Å²) in [6.45, 7) is 0.645. The summed E-state index contributed by atoms with van der Waals surface area (Å²) in [5.41, 5.74) is 3.93. The van der Waals surface area contributed by atoms with E-state index in [0.29, 0.717) is 13.0 Å². The second-order valence-electron chi connectivity index (χ2n) is 2.95. The lowest BCUT2D eigenvalue weighted by Crippen LogP contribution is -2.15. The van der Waals surface area contributed by atoms with E-state index in [-0.39, 0.29) is 0 Å². The predicted molar refractivity (Wildman–Crippen MR) is 44.5 cm³/mol. The highest BCUT2D eigenvalue weighted by Gasteiger charge is 2.25. The Labute approximate surface area is 78.5 Å². The van der Waals surface area contributed by atoms with Crippen molar-refractivity contribution in [2.45, 2.75) is 12.8 Å². The van der Waals surface area contributed by atoms with Gasteiger partial charge in [-0.05, 0) is 12.1 Å². The average molecular weight is 203 g/mol. The highest BCUT2D eigenvalue weighted by molar-refractivity contribution is 5.93. The van der Waals surface area contributed by atoms with Crippen molar-refractivity contribution < 1.29 is 18.0 Å². The first-order valence-electron chi connectivity index (χ1n) is 3.80. The van der Waals surface area contributed by atoms with Crippen molar-refractivity contribution in [3.8, 4) is 0 Å². The minimum Gasteiger partial charge on any atom is -0.366 e. The Balaban J connectivity index is 3.20. The van der Waals surface area contributed by atoms with Crippen molar-refractivity contribution in [1.29, 1.82) is 0 Å². The fourth-order valence-corrected chi connectivity index (χ4v) is 0.988. The predicted octanol–water partition coefficient (Wildman–Crippen LogP) is 2.04. The van der Waals surface area contributed by atoms with E-state index in [1.165, 1.54) is 0 Å². The Bertz CT molecular complexity index is 371. The molecule has 1 aromatic carbocycles. The van der Waals surface area contributed by atoms with Crippen molar-refractivity contribution >= 4 is 5.91 Å². The summed E-state index contributed by atoms with van der Waals surface area (Å²) >= 11 is 0. The molecule has 0 unspecified atom stereocenters. The maximum absolute atomic E-state index is 13.0. The number of primary amides is 1. The molecule has 2 nitrogen and oxygen atoms in total. The number of hydrogen-bond acceptors (Lipinski definition) is 1. The maximum Gasteiger partial charge on any atom is 0.270 e. The van der Waals surface area contributed by atoms with Gasteiger partial charge in [0.1, 0.15) is 5.82 Å². The number of benzene rings is 1. The van der Waals surface area contributed by atoms with E-state index < -0.39 is 28.8 Å². The Morgan fingerprint density at radius 1 is 1.43 bits per heavy atom. The number of amides is 1. The molecule has 0 aromatic heterocycles. The van der Waals surface area contributed by atoms with E-state index in [4.69, 9.17) is 5.73 Å². The van der Waals surface area contributed by atoms with Gasteiger partial charge in [0.15, 0.2) is 0 Å². The minimum absolute atomic E-state index is 0.391. The van der Waals surface area contributed by atoms with Gasteiger partial charge in [0.25, 0.3) is 11.8 Å². The van der Waals surface area contributed by atoms with Crippen LogP contribution < -0.4 is 5.73 Å². The molecule has 0 fully saturated rings. The zero-order chi connectivity index (χ0) is 10.9. The van der Waals surface area contributed by atoms with Crippen LogP contribution in [0.1, 0.15) is 22.8 Å². The molecule has 0 aliphatic rings. The van der Waals surface area contributed by atoms with Crippen LogP contribution in [0, 0.1) is 5.82 Å². The maximum atomic E-state index is 13.0. The topological polar surface area (TPSA) is 43.1 Å². The molecule has 0 atom stereocenters. The lowest BCUT2D eigenvalue weighted by molar-refractivity contribution is 0.0171. The number of halogens is 3. The molecule has 0 radical (unpaired) electrons. The number of carbonyl (C=O) groups excluding carboxylic acids is 1. The van der Waals surface area contributed by atoms with Gasteiger partial charge >= 0.3 is 0 Å². The van der Waals surface area contributed by atoms with Gasteiger partial charge in [-0.1, -0.05) is 6.07 Å². The summed E-state index contributed by atoms with van der Waals surface area (Å²) in [5, 5.41) is 0. The standard InChI is InChI=1S/C9H8F3NO/c1-9(11,12)5-2-3-6(8(13)14)7(10)4-5/h2-4H,1H3,(H2,13,14). The van der Waals surface area contributed by atoms with Gasteiger partial charge in [-0.25, -0.2) is 13.2 Å². The molecule has 0 aliphatic carbocycles. The van der Waals surface area contributed by atoms with Gasteiger partial charge in [0, 0.05) is 12.5 Å². The quantitative estimate of drug-likeness (QED) is 0.785. The molecule has 0 heterocycles. The molecule has 0 bridgehead atoms. The molecule has 5 heteroatoms. The van der Waals surface area contributed by atoms with Gasteiger partial charge in [-0.2, -0.15) is 0 Å². The molecule has 1 rings (SSSR count). The lowest BCUT2D eigenvalue weighted by atomic mass is 10.1. The average Bonchev–Trinajstić information content (AvgIpc) is 2.01. The molecule has 0 aliphatic heterocycles. The molecule has 1 amide bonds. The minimum atomic E-state index is -3.13. The number of carbonyl (C=O) groups is 1. The zero-order valence-electron chi connectivity index (χ0n) is 7.35. The second-order valence-corrected chi connectivity index (χ2v) is 2.95. The Hall–Kier alpha value is -1.52. The van der Waals surface area contributed by atoms with Gasteiger partial charge < -0.3 is 5.73 Å². The summed E-state index contributed by atoms with van der Waals surface area (Å²) in [6.07, 6.45) is 0. The molecule has 76 valence electrons. The zero-order valence-corrected chi connectivity index (χ0v) is 7.35. The van der Waals surface area contributed by atoms with E-state index >= 15 is 0 Å². The lowest BCUT2D eigenvalue weighted by Gasteiger charge is -2.10. The normalized spacial score (nSPS) is 11.4. The Kier molecular flexibility index (Phi) is 2.51. The van der Waals surface area contributed by atoms with Crippen LogP contribution in [0.25, 0.3) is 0 Å². The third-order valence-electron chi connectivity index (χ3n) is 1.74. The smallest absolute Gasteiger partial charge is 0.270 e. The molecular formula is C9H8F3NO. The summed E-state index contributed by atoms with van der Waals surface area (Å²) in [4.78, 5) is 10.6. The summed E-state index contributed by atoms with van der Waals surface area (Å²) in [7, 11) is 0. The SMILES string of the molecule is CC(F)(F)c1ccc(C(N)=O)c(F)c1. The highest BCUT2D eigenvalue weighted by Crippen LogP contribution is 2.27. The first kappa shape index (κ1) is 10.6. The van der Waals surface area contributed by atoms with Gasteiger partial charge in [0.05, 0.1) is 5.56 Å². The van der Waals surface area contributed by atoms with E-state index in [9.17, 15) is 18.0 Å². The highest BCUT2D eigenvalue weighted by atomic mass is 19.3. The molecule has 14 heavy (non-hydrogen) atoms. The van der Waals surface area contributed by atoms with Gasteiger partial charge in [-0.15, -0.1) is 0 Å². The first-order chi connectivity index (χ1) is 6.32. The second kappa shape index (κ2) is 3.32. The van der Waals surface area contributed by atoms with Gasteiger partial charge in [-0.3, -0.25) is 4.79 Å². The van der Waals surface area contributed by atoms with Crippen molar-refractivity contribution in [2.24, 2.45) is 5.73 Å². The summed E-state index contributed by atoms with van der Waals surface area (Å²) < 4.78 is 38.4. The number of hydrogen-bond donors (Lipinski definition) is 1. The van der Waals surface area contributed by atoms with Crippen LogP contribution in [0.4, 0.5) is 13.2 Å². The van der Waals surface area contributed by atoms with E-state index in [1.807, 2.05) is 0 Å². The third-order valence-corrected chi connectivity index (χ3v) is 1.74. The van der Waals surface area contributed by atoms with Crippen LogP contribution >= 0.6 is 0 Å². The Morgan fingerprint density at radius 3 is 2.36 bits per heavy atom. The van der Waals surface area contributed by atoms with Crippen LogP contribution in [0.2, 0.25) is 0 Å². The van der Waals surface area contributed by atoms with Crippen LogP contribution in [0.5, 0.6) is 0 Å². The molecular weight excluding hydrogens is 195 g/mol. The largest absolute Gasteiger partial charge is 0.366 e. The molecule has 0 saturated carbocycles. The van der Waals surface area contributed by atoms with E-state index in [0.717, 1.165) is 12.1 Å². The Morgan fingerprint density at radius 2 is 2.00 bits per heavy atom. The van der Waals surface area contributed by atoms with Crippen molar-refractivity contribution in [1.82, 2.24) is 0 Å². The van der Waals surface area contributed by atoms with Crippen molar-refractivity contribution in [3.05, 3.63) is 35.1 Å². The van der Waals surface area contributed by atoms with E-state index in [1.54, 1.807) is 0 Å². The van der Waals surface area contributed by atoms with Crippen LogP contribution in [0.3, 0.4) is 0 Å². The fourth-order valence-electron chi connectivity index (χ4n) is 0.988. The number of alkyl halides is 2. The van der Waals surface area contributed by atoms with Crippen LogP contribution in [-0.4, -0.2) is 5.91 Å². The number of rotatable bonds is 2. The third kappa shape index (κ3) is 2.04. The van der Waals surface area contributed by atoms with Crippen molar-refractivity contribution in [3.63, 3.8) is 0 Å². The summed E-state index contributed by atoms with van der Waals surface area (Å²) in [5.74, 6) is -5.14. The number of nitrogens with two attached hydrogens (primary N) is 1. The monoisotopic (exact) mass is 203 g/mol. The molecule has 2 N–H and O–H groups in total. The van der Waals surface area contributed by atoms with Gasteiger partial charge in [0.2, 0.25) is 0 Å². The first-order valence-corrected chi connectivity index (χ1v) is 3.80. The van der Waals surface area contributed by atoms with Crippen molar-refractivity contribution in [2.75, 3.05) is 0 Å². The van der Waals surface area contributed by atoms with Crippen LogP contribution in [0.15, 0.2) is 18.2 Å². The fraction of sp³-hybridized carbons (Fsp3) is 0.222. The molecule has 1 aromatic rings. The summed E-state index contributed by atoms with van der Waals surface area (Å²) in [6, 6.07) is 2.54.